The second kappa shape index (κ2) is 12.5. The molecule has 0 aliphatic heterocycles. The van der Waals surface area contributed by atoms with Crippen LogP contribution in [0.5, 0.6) is 17.2 Å². The van der Waals surface area contributed by atoms with Crippen LogP contribution < -0.4 is 19.5 Å². The third kappa shape index (κ3) is 6.76. The van der Waals surface area contributed by atoms with Crippen molar-refractivity contribution >= 4 is 11.8 Å². The van der Waals surface area contributed by atoms with E-state index >= 15 is 0 Å². The first-order valence-corrected chi connectivity index (χ1v) is 11.4. The molecule has 0 unspecified atom stereocenters. The van der Waals surface area contributed by atoms with Gasteiger partial charge in [0.15, 0.2) is 11.5 Å². The van der Waals surface area contributed by atoms with Gasteiger partial charge < -0.3 is 24.4 Å². The van der Waals surface area contributed by atoms with Gasteiger partial charge in [0, 0.05) is 20.0 Å². The molecule has 3 aromatic rings. The van der Waals surface area contributed by atoms with Crippen molar-refractivity contribution in [2.75, 3.05) is 27.9 Å². The highest BCUT2D eigenvalue weighted by Gasteiger charge is 2.29. The number of nitrogens with zero attached hydrogens (tertiary/aromatic N) is 1. The first-order valence-electron chi connectivity index (χ1n) is 11.4. The topological polar surface area (TPSA) is 77.1 Å². The number of carbonyl (C=O) groups is 2. The monoisotopic (exact) mass is 476 g/mol. The molecule has 35 heavy (non-hydrogen) atoms. The van der Waals surface area contributed by atoms with Gasteiger partial charge >= 0.3 is 0 Å². The predicted molar refractivity (Wildman–Crippen MR) is 135 cm³/mol. The first-order chi connectivity index (χ1) is 17.0. The summed E-state index contributed by atoms with van der Waals surface area (Å²) in [4.78, 5) is 27.7. The largest absolute Gasteiger partial charge is 0.497 e. The Morgan fingerprint density at radius 1 is 0.829 bits per heavy atom. The Balaban J connectivity index is 1.77. The van der Waals surface area contributed by atoms with Gasteiger partial charge in [-0.15, -0.1) is 0 Å². The number of hydrogen-bond acceptors (Lipinski definition) is 5. The molecule has 0 fully saturated rings. The van der Waals surface area contributed by atoms with Gasteiger partial charge in [-0.1, -0.05) is 48.5 Å². The quantitative estimate of drug-likeness (QED) is 0.450. The van der Waals surface area contributed by atoms with Gasteiger partial charge in [0.1, 0.15) is 11.8 Å². The van der Waals surface area contributed by atoms with E-state index in [0.29, 0.717) is 31.0 Å². The van der Waals surface area contributed by atoms with Gasteiger partial charge in [0.25, 0.3) is 0 Å². The van der Waals surface area contributed by atoms with E-state index in [2.05, 4.69) is 5.32 Å². The highest BCUT2D eigenvalue weighted by Crippen LogP contribution is 2.28. The van der Waals surface area contributed by atoms with E-state index in [1.54, 1.807) is 26.2 Å². The zero-order valence-electron chi connectivity index (χ0n) is 20.6. The maximum absolute atomic E-state index is 13.4. The molecule has 0 radical (unpaired) electrons. The van der Waals surface area contributed by atoms with Crippen LogP contribution in [0, 0.1) is 0 Å². The fourth-order valence-electron chi connectivity index (χ4n) is 3.88. The molecule has 0 bridgehead atoms. The van der Waals surface area contributed by atoms with Gasteiger partial charge in [-0.25, -0.2) is 0 Å². The normalized spacial score (nSPS) is 11.3. The molecule has 0 spiro atoms. The van der Waals surface area contributed by atoms with E-state index in [-0.39, 0.29) is 11.8 Å². The summed E-state index contributed by atoms with van der Waals surface area (Å²) in [5.41, 5.74) is 2.65. The minimum atomic E-state index is -0.763. The molecule has 0 saturated carbocycles. The molecule has 7 heteroatoms. The molecule has 0 aliphatic rings. The van der Waals surface area contributed by atoms with Crippen LogP contribution in [0.25, 0.3) is 0 Å². The van der Waals surface area contributed by atoms with Gasteiger partial charge in [-0.05, 0) is 47.4 Å². The van der Waals surface area contributed by atoms with Crippen LogP contribution in [0.1, 0.15) is 29.7 Å². The zero-order valence-corrected chi connectivity index (χ0v) is 20.6. The van der Waals surface area contributed by atoms with Crippen molar-refractivity contribution in [3.63, 3.8) is 0 Å². The highest BCUT2D eigenvalue weighted by molar-refractivity contribution is 5.88. The summed E-state index contributed by atoms with van der Waals surface area (Å²) in [6.07, 6.45) is 0.603. The number of hydrogen-bond donors (Lipinski definition) is 1. The van der Waals surface area contributed by atoms with Crippen molar-refractivity contribution in [2.45, 2.75) is 25.9 Å². The zero-order chi connectivity index (χ0) is 25.2. The molecule has 0 aromatic heterocycles. The fraction of sp³-hybridized carbons (Fsp3) is 0.286. The SMILES string of the molecule is COc1ccc(CN(C(C)=O)[C@H](C(=O)NCCc2ccc(OC)c(OC)c2)c2ccccc2)cc1. The van der Waals surface area contributed by atoms with Crippen LogP contribution in [0.2, 0.25) is 0 Å². The molecule has 3 aromatic carbocycles. The van der Waals surface area contributed by atoms with E-state index < -0.39 is 6.04 Å². The summed E-state index contributed by atoms with van der Waals surface area (Å²) < 4.78 is 15.9. The van der Waals surface area contributed by atoms with Crippen molar-refractivity contribution in [3.05, 3.63) is 89.5 Å². The Morgan fingerprint density at radius 3 is 2.09 bits per heavy atom. The number of carbonyl (C=O) groups excluding carboxylic acids is 2. The lowest BCUT2D eigenvalue weighted by molar-refractivity contribution is -0.140. The second-order valence-corrected chi connectivity index (χ2v) is 8.04. The summed E-state index contributed by atoms with van der Waals surface area (Å²) in [5.74, 6) is 1.60. The van der Waals surface area contributed by atoms with Crippen LogP contribution in [0.4, 0.5) is 0 Å². The average molecular weight is 477 g/mol. The molecule has 1 atom stereocenters. The summed E-state index contributed by atoms with van der Waals surface area (Å²) in [6, 6.07) is 21.7. The lowest BCUT2D eigenvalue weighted by atomic mass is 10.0. The fourth-order valence-corrected chi connectivity index (χ4v) is 3.88. The molecule has 0 heterocycles. The number of methoxy groups -OCH3 is 3. The van der Waals surface area contributed by atoms with Gasteiger partial charge in [-0.3, -0.25) is 9.59 Å². The molecule has 1 N–H and O–H groups in total. The minimum absolute atomic E-state index is 0.190. The van der Waals surface area contributed by atoms with E-state index in [4.69, 9.17) is 14.2 Å². The van der Waals surface area contributed by atoms with Crippen molar-refractivity contribution in [1.29, 1.82) is 0 Å². The van der Waals surface area contributed by atoms with Crippen molar-refractivity contribution in [3.8, 4) is 17.2 Å². The van der Waals surface area contributed by atoms with E-state index in [0.717, 1.165) is 22.4 Å². The van der Waals surface area contributed by atoms with Gasteiger partial charge in [-0.2, -0.15) is 0 Å². The van der Waals surface area contributed by atoms with E-state index in [9.17, 15) is 9.59 Å². The van der Waals surface area contributed by atoms with Crippen LogP contribution in [-0.4, -0.2) is 44.6 Å². The summed E-state index contributed by atoms with van der Waals surface area (Å²) >= 11 is 0. The Labute approximate surface area is 206 Å². The highest BCUT2D eigenvalue weighted by atomic mass is 16.5. The minimum Gasteiger partial charge on any atom is -0.497 e. The maximum atomic E-state index is 13.4. The average Bonchev–Trinajstić information content (AvgIpc) is 2.89. The maximum Gasteiger partial charge on any atom is 0.247 e. The number of rotatable bonds is 11. The number of amides is 2. The van der Waals surface area contributed by atoms with Gasteiger partial charge in [0.05, 0.1) is 21.3 Å². The van der Waals surface area contributed by atoms with Crippen molar-refractivity contribution in [2.24, 2.45) is 0 Å². The Hall–Kier alpha value is -4.00. The summed E-state index contributed by atoms with van der Waals surface area (Å²) in [7, 11) is 4.79. The third-order valence-electron chi connectivity index (χ3n) is 5.75. The van der Waals surface area contributed by atoms with Crippen molar-refractivity contribution in [1.82, 2.24) is 10.2 Å². The summed E-state index contributed by atoms with van der Waals surface area (Å²) in [6.45, 7) is 2.18. The van der Waals surface area contributed by atoms with Crippen LogP contribution in [-0.2, 0) is 22.6 Å². The second-order valence-electron chi connectivity index (χ2n) is 8.04. The molecular weight excluding hydrogens is 444 g/mol. The van der Waals surface area contributed by atoms with Crippen LogP contribution >= 0.6 is 0 Å². The van der Waals surface area contributed by atoms with Crippen molar-refractivity contribution < 1.29 is 23.8 Å². The molecule has 0 aliphatic carbocycles. The third-order valence-corrected chi connectivity index (χ3v) is 5.75. The van der Waals surface area contributed by atoms with Crippen LogP contribution in [0.3, 0.4) is 0 Å². The Kier molecular flexibility index (Phi) is 9.12. The van der Waals surface area contributed by atoms with E-state index in [1.807, 2.05) is 72.8 Å². The smallest absolute Gasteiger partial charge is 0.247 e. The predicted octanol–water partition coefficient (Wildman–Crippen LogP) is 4.16. The molecule has 0 saturated heterocycles. The molecule has 2 amide bonds. The van der Waals surface area contributed by atoms with E-state index in [1.165, 1.54) is 6.92 Å². The lowest BCUT2D eigenvalue weighted by Crippen LogP contribution is -2.43. The first kappa shape index (κ1) is 25.6. The van der Waals surface area contributed by atoms with Gasteiger partial charge in [0.2, 0.25) is 11.8 Å². The molecule has 7 nitrogen and oxygen atoms in total. The Bertz CT molecular complexity index is 1120. The number of benzene rings is 3. The summed E-state index contributed by atoms with van der Waals surface area (Å²) in [5, 5.41) is 3.01. The number of nitrogens with one attached hydrogen (secondary N) is 1. The standard InChI is InChI=1S/C28H32N2O5/c1-20(31)30(19-22-10-13-24(33-2)14-11-22)27(23-8-6-5-7-9-23)28(32)29-17-16-21-12-15-25(34-3)26(18-21)35-4/h5-15,18,27H,16-17,19H2,1-4H3,(H,29,32)/t27-/m0/s1. The lowest BCUT2D eigenvalue weighted by Gasteiger charge is -2.30. The molecule has 3 rings (SSSR count). The van der Waals surface area contributed by atoms with Crippen LogP contribution in [0.15, 0.2) is 72.8 Å². The molecular formula is C28H32N2O5. The molecule has 184 valence electrons. The number of ether oxygens (including phenoxy) is 3. The Morgan fingerprint density at radius 2 is 1.49 bits per heavy atom.